The molecule has 1 aliphatic heterocycles. The van der Waals surface area contributed by atoms with Gasteiger partial charge in [0.15, 0.2) is 0 Å². The van der Waals surface area contributed by atoms with E-state index < -0.39 is 0 Å². The quantitative estimate of drug-likeness (QED) is 0.645. The summed E-state index contributed by atoms with van der Waals surface area (Å²) in [5.41, 5.74) is 6.75. The van der Waals surface area contributed by atoms with Crippen molar-refractivity contribution in [3.05, 3.63) is 23.8 Å². The summed E-state index contributed by atoms with van der Waals surface area (Å²) in [6.07, 6.45) is 2.12. The molecule has 5 heteroatoms. The first kappa shape index (κ1) is 15.6. The Morgan fingerprint density at radius 1 is 1.45 bits per heavy atom. The van der Waals surface area contributed by atoms with Gasteiger partial charge in [0.05, 0.1) is 12.2 Å². The number of rotatable bonds is 6. The molecule has 0 saturated carbocycles. The Bertz CT molecular complexity index is 459. The van der Waals surface area contributed by atoms with E-state index in [0.29, 0.717) is 17.5 Å². The predicted molar refractivity (Wildman–Crippen MR) is 87.8 cm³/mol. The predicted octanol–water partition coefficient (Wildman–Crippen LogP) is 3.24. The summed E-state index contributed by atoms with van der Waals surface area (Å²) >= 11 is 6.92. The van der Waals surface area contributed by atoms with Gasteiger partial charge in [-0.3, -0.25) is 0 Å². The van der Waals surface area contributed by atoms with Crippen molar-refractivity contribution in [3.8, 4) is 5.75 Å². The van der Waals surface area contributed by atoms with Gasteiger partial charge >= 0.3 is 0 Å². The largest absolute Gasteiger partial charge is 0.493 e. The normalized spacial score (nSPS) is 16.1. The van der Waals surface area contributed by atoms with Crippen LogP contribution in [-0.2, 0) is 4.74 Å². The Morgan fingerprint density at radius 3 is 2.85 bits per heavy atom. The molecule has 0 aliphatic carbocycles. The lowest BCUT2D eigenvalue weighted by Crippen LogP contribution is -2.22. The summed E-state index contributed by atoms with van der Waals surface area (Å²) in [6, 6.07) is 6.00. The molecular formula is C15H21NO2S2. The Hall–Kier alpha value is -0.780. The maximum Gasteiger partial charge on any atom is 0.130 e. The van der Waals surface area contributed by atoms with Crippen molar-refractivity contribution < 1.29 is 9.47 Å². The number of thioether (sulfide) groups is 1. The van der Waals surface area contributed by atoms with Crippen molar-refractivity contribution in [3.63, 3.8) is 0 Å². The minimum Gasteiger partial charge on any atom is -0.493 e. The van der Waals surface area contributed by atoms with Crippen LogP contribution in [0.2, 0.25) is 0 Å². The summed E-state index contributed by atoms with van der Waals surface area (Å²) in [7, 11) is 0. The molecule has 0 bridgehead atoms. The van der Waals surface area contributed by atoms with Crippen LogP contribution in [0.4, 0.5) is 0 Å². The number of nitrogens with two attached hydrogens (primary N) is 1. The summed E-state index contributed by atoms with van der Waals surface area (Å²) in [4.78, 5) is 1.51. The first-order valence-electron chi connectivity index (χ1n) is 6.98. The van der Waals surface area contributed by atoms with E-state index in [1.54, 1.807) is 11.8 Å². The van der Waals surface area contributed by atoms with Crippen LogP contribution in [0, 0.1) is 5.92 Å². The van der Waals surface area contributed by atoms with Crippen molar-refractivity contribution in [1.29, 1.82) is 0 Å². The summed E-state index contributed by atoms with van der Waals surface area (Å²) in [5.74, 6) is 2.35. The van der Waals surface area contributed by atoms with Crippen molar-refractivity contribution in [2.75, 3.05) is 25.6 Å². The van der Waals surface area contributed by atoms with E-state index in [1.165, 1.54) is 0 Å². The van der Waals surface area contributed by atoms with Crippen LogP contribution in [0.25, 0.3) is 0 Å². The molecule has 1 aromatic carbocycles. The fourth-order valence-corrected chi connectivity index (χ4v) is 3.39. The Labute approximate surface area is 130 Å². The lowest BCUT2D eigenvalue weighted by molar-refractivity contribution is 0.0497. The van der Waals surface area contributed by atoms with Gasteiger partial charge in [-0.2, -0.15) is 0 Å². The molecule has 1 fully saturated rings. The van der Waals surface area contributed by atoms with Gasteiger partial charge < -0.3 is 15.2 Å². The van der Waals surface area contributed by atoms with Crippen molar-refractivity contribution in [1.82, 2.24) is 0 Å². The topological polar surface area (TPSA) is 44.5 Å². The molecule has 1 saturated heterocycles. The van der Waals surface area contributed by atoms with E-state index in [9.17, 15) is 0 Å². The number of hydrogen-bond donors (Lipinski definition) is 1. The van der Waals surface area contributed by atoms with Crippen molar-refractivity contribution in [2.24, 2.45) is 11.7 Å². The molecule has 1 aliphatic rings. The van der Waals surface area contributed by atoms with Gasteiger partial charge in [0, 0.05) is 18.1 Å². The molecule has 1 heterocycles. The standard InChI is InChI=1S/C15H21NO2S2/c1-2-20-13-5-3-4-12(14(13)15(16)19)18-10-11-6-8-17-9-7-11/h3-5,11H,2,6-10H2,1H3,(H2,16,19). The van der Waals surface area contributed by atoms with Gasteiger partial charge in [-0.1, -0.05) is 25.2 Å². The first-order valence-corrected chi connectivity index (χ1v) is 8.38. The molecule has 3 nitrogen and oxygen atoms in total. The number of benzene rings is 1. The summed E-state index contributed by atoms with van der Waals surface area (Å²) in [6.45, 7) is 4.49. The second kappa shape index (κ2) is 7.86. The molecule has 0 aromatic heterocycles. The maximum absolute atomic E-state index is 5.99. The number of ether oxygens (including phenoxy) is 2. The fourth-order valence-electron chi connectivity index (χ4n) is 2.27. The highest BCUT2D eigenvalue weighted by atomic mass is 32.2. The van der Waals surface area contributed by atoms with Crippen LogP contribution in [0.1, 0.15) is 25.3 Å². The first-order chi connectivity index (χ1) is 9.72. The third-order valence-corrected chi connectivity index (χ3v) is 4.49. The van der Waals surface area contributed by atoms with E-state index in [1.807, 2.05) is 18.2 Å². The highest BCUT2D eigenvalue weighted by Crippen LogP contribution is 2.30. The molecule has 2 rings (SSSR count). The highest BCUT2D eigenvalue weighted by Gasteiger charge is 2.17. The Kier molecular flexibility index (Phi) is 6.13. The van der Waals surface area contributed by atoms with Gasteiger partial charge in [0.2, 0.25) is 0 Å². The second-order valence-corrected chi connectivity index (χ2v) is 6.54. The Balaban J connectivity index is 2.09. The van der Waals surface area contributed by atoms with Gasteiger partial charge in [0.1, 0.15) is 10.7 Å². The molecule has 110 valence electrons. The molecule has 0 amide bonds. The van der Waals surface area contributed by atoms with Crippen molar-refractivity contribution >= 4 is 29.0 Å². The number of thiocarbonyl (C=S) groups is 1. The molecule has 2 N–H and O–H groups in total. The SMILES string of the molecule is CCSc1cccc(OCC2CCOCC2)c1C(N)=S. The highest BCUT2D eigenvalue weighted by molar-refractivity contribution is 7.99. The minimum atomic E-state index is 0.406. The average Bonchev–Trinajstić information content (AvgIpc) is 2.46. The summed E-state index contributed by atoms with van der Waals surface area (Å²) < 4.78 is 11.4. The molecular weight excluding hydrogens is 290 g/mol. The maximum atomic E-state index is 5.99. The Morgan fingerprint density at radius 2 is 2.20 bits per heavy atom. The molecule has 20 heavy (non-hydrogen) atoms. The third-order valence-electron chi connectivity index (χ3n) is 3.35. The van der Waals surface area contributed by atoms with E-state index in [2.05, 4.69) is 6.92 Å². The number of hydrogen-bond acceptors (Lipinski definition) is 4. The van der Waals surface area contributed by atoms with Crippen LogP contribution < -0.4 is 10.5 Å². The molecule has 0 unspecified atom stereocenters. The van der Waals surface area contributed by atoms with Crippen LogP contribution in [0.3, 0.4) is 0 Å². The van der Waals surface area contributed by atoms with Crippen LogP contribution in [-0.4, -0.2) is 30.6 Å². The molecule has 0 atom stereocenters. The smallest absolute Gasteiger partial charge is 0.130 e. The summed E-state index contributed by atoms with van der Waals surface area (Å²) in [5, 5.41) is 0. The van der Waals surface area contributed by atoms with Crippen LogP contribution >= 0.6 is 24.0 Å². The van der Waals surface area contributed by atoms with E-state index >= 15 is 0 Å². The van der Waals surface area contributed by atoms with Gasteiger partial charge in [-0.05, 0) is 36.6 Å². The zero-order valence-electron chi connectivity index (χ0n) is 11.8. The molecule has 1 aromatic rings. The zero-order chi connectivity index (χ0) is 14.4. The monoisotopic (exact) mass is 311 g/mol. The van der Waals surface area contributed by atoms with E-state index in [0.717, 1.165) is 48.0 Å². The third kappa shape index (κ3) is 4.11. The van der Waals surface area contributed by atoms with Gasteiger partial charge in [-0.15, -0.1) is 11.8 Å². The molecule has 0 spiro atoms. The lowest BCUT2D eigenvalue weighted by atomic mass is 10.0. The molecule has 0 radical (unpaired) electrons. The van der Waals surface area contributed by atoms with Crippen LogP contribution in [0.5, 0.6) is 5.75 Å². The lowest BCUT2D eigenvalue weighted by Gasteiger charge is -2.23. The average molecular weight is 311 g/mol. The van der Waals surface area contributed by atoms with Gasteiger partial charge in [0.25, 0.3) is 0 Å². The minimum absolute atomic E-state index is 0.406. The van der Waals surface area contributed by atoms with Crippen LogP contribution in [0.15, 0.2) is 23.1 Å². The van der Waals surface area contributed by atoms with E-state index in [4.69, 9.17) is 27.4 Å². The van der Waals surface area contributed by atoms with Gasteiger partial charge in [-0.25, -0.2) is 0 Å². The fraction of sp³-hybridized carbons (Fsp3) is 0.533. The van der Waals surface area contributed by atoms with Crippen molar-refractivity contribution in [2.45, 2.75) is 24.7 Å². The zero-order valence-corrected chi connectivity index (χ0v) is 13.4. The second-order valence-electron chi connectivity index (χ2n) is 4.79. The van der Waals surface area contributed by atoms with E-state index in [-0.39, 0.29) is 0 Å².